The van der Waals surface area contributed by atoms with Crippen molar-refractivity contribution < 1.29 is 4.74 Å². The lowest BCUT2D eigenvalue weighted by molar-refractivity contribution is 0.0376. The van der Waals surface area contributed by atoms with Gasteiger partial charge in [-0.25, -0.2) is 0 Å². The fraction of sp³-hybridized carbons (Fsp3) is 0.500. The Balaban J connectivity index is 1.33. The third-order valence-electron chi connectivity index (χ3n) is 5.60. The van der Waals surface area contributed by atoms with E-state index >= 15 is 0 Å². The topological polar surface area (TPSA) is 36.5 Å². The Morgan fingerprint density at radius 1 is 1.18 bits per heavy atom. The summed E-state index contributed by atoms with van der Waals surface area (Å²) >= 11 is 7.40. The first-order valence-electron chi connectivity index (χ1n) is 10.3. The quantitative estimate of drug-likeness (QED) is 0.535. The molecule has 1 unspecified atom stereocenters. The van der Waals surface area contributed by atoms with Crippen LogP contribution in [0.1, 0.15) is 40.5 Å². The number of fused-ring (bicyclic) bond motifs is 1. The zero-order chi connectivity index (χ0) is 19.2. The molecule has 0 spiro atoms. The van der Waals surface area contributed by atoms with Crippen molar-refractivity contribution in [3.8, 4) is 0 Å². The molecule has 4 rings (SSSR count). The van der Waals surface area contributed by atoms with Crippen molar-refractivity contribution in [2.24, 2.45) is 0 Å². The van der Waals surface area contributed by atoms with E-state index in [1.54, 1.807) is 11.3 Å². The molecule has 2 aliphatic rings. The zero-order valence-electron chi connectivity index (χ0n) is 16.3. The van der Waals surface area contributed by atoms with Gasteiger partial charge in [-0.2, -0.15) is 0 Å². The molecule has 1 fully saturated rings. The molecule has 2 N–H and O–H groups in total. The van der Waals surface area contributed by atoms with E-state index in [0.29, 0.717) is 0 Å². The van der Waals surface area contributed by atoms with E-state index in [2.05, 4.69) is 51.2 Å². The number of benzene rings is 1. The maximum Gasteiger partial charge on any atom is 0.167 e. The monoisotopic (exact) mass is 415 g/mol. The first-order valence-corrected chi connectivity index (χ1v) is 11.6. The second-order valence-corrected chi connectivity index (χ2v) is 8.93. The van der Waals surface area contributed by atoms with Crippen LogP contribution in [0.5, 0.6) is 0 Å². The fourth-order valence-electron chi connectivity index (χ4n) is 4.06. The highest BCUT2D eigenvalue weighted by atomic mass is 32.1. The smallest absolute Gasteiger partial charge is 0.167 e. The Labute approximate surface area is 177 Å². The van der Waals surface area contributed by atoms with E-state index in [1.807, 2.05) is 0 Å². The van der Waals surface area contributed by atoms with Gasteiger partial charge in [0.25, 0.3) is 0 Å². The number of nitrogens with zero attached hydrogens (tertiary/aromatic N) is 1. The number of hydrogen-bond acceptors (Lipinski definition) is 4. The van der Waals surface area contributed by atoms with Gasteiger partial charge in [0.15, 0.2) is 5.11 Å². The van der Waals surface area contributed by atoms with Crippen LogP contribution in [0, 0.1) is 0 Å². The van der Waals surface area contributed by atoms with Crippen molar-refractivity contribution in [1.29, 1.82) is 0 Å². The molecule has 0 amide bonds. The molecule has 150 valence electrons. The van der Waals surface area contributed by atoms with Crippen LogP contribution in [-0.2, 0) is 17.6 Å². The van der Waals surface area contributed by atoms with Gasteiger partial charge in [-0.05, 0) is 72.6 Å². The number of thiophene rings is 1. The van der Waals surface area contributed by atoms with Crippen LogP contribution >= 0.6 is 23.6 Å². The van der Waals surface area contributed by atoms with Crippen LogP contribution in [0.25, 0.3) is 0 Å². The van der Waals surface area contributed by atoms with Crippen molar-refractivity contribution in [1.82, 2.24) is 15.5 Å². The molecule has 1 aliphatic heterocycles. The highest BCUT2D eigenvalue weighted by Crippen LogP contribution is 2.30. The number of thiocarbonyl (C=S) groups is 1. The van der Waals surface area contributed by atoms with Crippen LogP contribution in [0.3, 0.4) is 0 Å². The minimum Gasteiger partial charge on any atom is -0.379 e. The van der Waals surface area contributed by atoms with Crippen molar-refractivity contribution in [2.45, 2.75) is 31.7 Å². The van der Waals surface area contributed by atoms with Crippen molar-refractivity contribution >= 4 is 28.7 Å². The van der Waals surface area contributed by atoms with E-state index in [9.17, 15) is 0 Å². The molecule has 28 heavy (non-hydrogen) atoms. The molecule has 2 aromatic rings. The molecule has 1 atom stereocenters. The van der Waals surface area contributed by atoms with Crippen molar-refractivity contribution in [3.63, 3.8) is 0 Å². The molecular formula is C22H29N3OS2. The fourth-order valence-corrected chi connectivity index (χ4v) is 5.08. The zero-order valence-corrected chi connectivity index (χ0v) is 17.9. The SMILES string of the molecule is S=C(NCCCN1CCOCC1)NC(c1ccc2c(c1)CCC2)c1cccs1. The van der Waals surface area contributed by atoms with Gasteiger partial charge in [0.1, 0.15) is 0 Å². The normalized spacial score (nSPS) is 17.9. The average Bonchev–Trinajstić information content (AvgIpc) is 3.41. The summed E-state index contributed by atoms with van der Waals surface area (Å²) in [5.41, 5.74) is 4.32. The van der Waals surface area contributed by atoms with Crippen molar-refractivity contribution in [2.75, 3.05) is 39.4 Å². The van der Waals surface area contributed by atoms with Gasteiger partial charge in [0, 0.05) is 24.5 Å². The summed E-state index contributed by atoms with van der Waals surface area (Å²) in [5.74, 6) is 0. The van der Waals surface area contributed by atoms with Crippen LogP contribution in [-0.4, -0.2) is 49.4 Å². The van der Waals surface area contributed by atoms with E-state index in [0.717, 1.165) is 50.9 Å². The maximum atomic E-state index is 5.62. The third-order valence-corrected chi connectivity index (χ3v) is 6.80. The molecule has 0 radical (unpaired) electrons. The number of aryl methyl sites for hydroxylation is 2. The van der Waals surface area contributed by atoms with Crippen LogP contribution in [0.15, 0.2) is 35.7 Å². The molecule has 6 heteroatoms. The lowest BCUT2D eigenvalue weighted by Gasteiger charge is -2.26. The van der Waals surface area contributed by atoms with E-state index in [1.165, 1.54) is 40.8 Å². The number of morpholine rings is 1. The van der Waals surface area contributed by atoms with Gasteiger partial charge < -0.3 is 15.4 Å². The number of hydrogen-bond donors (Lipinski definition) is 2. The van der Waals surface area contributed by atoms with Gasteiger partial charge in [-0.1, -0.05) is 24.3 Å². The molecule has 0 saturated carbocycles. The lowest BCUT2D eigenvalue weighted by Crippen LogP contribution is -2.40. The van der Waals surface area contributed by atoms with E-state index in [4.69, 9.17) is 17.0 Å². The Bertz CT molecular complexity index is 772. The van der Waals surface area contributed by atoms with Gasteiger partial charge >= 0.3 is 0 Å². The minimum atomic E-state index is 0.116. The highest BCUT2D eigenvalue weighted by Gasteiger charge is 2.19. The summed E-state index contributed by atoms with van der Waals surface area (Å²) in [6.45, 7) is 5.79. The molecule has 4 nitrogen and oxygen atoms in total. The Kier molecular flexibility index (Phi) is 6.96. The van der Waals surface area contributed by atoms with Crippen LogP contribution in [0.2, 0.25) is 0 Å². The summed E-state index contributed by atoms with van der Waals surface area (Å²) in [5, 5.41) is 9.84. The maximum absolute atomic E-state index is 5.62. The largest absolute Gasteiger partial charge is 0.379 e. The van der Waals surface area contributed by atoms with Gasteiger partial charge in [-0.15, -0.1) is 11.3 Å². The van der Waals surface area contributed by atoms with Crippen LogP contribution < -0.4 is 10.6 Å². The predicted octanol–water partition coefficient (Wildman–Crippen LogP) is 3.51. The molecule has 1 saturated heterocycles. The molecule has 2 heterocycles. The Morgan fingerprint density at radius 3 is 2.86 bits per heavy atom. The van der Waals surface area contributed by atoms with Crippen molar-refractivity contribution in [3.05, 3.63) is 57.3 Å². The third kappa shape index (κ3) is 5.11. The summed E-state index contributed by atoms with van der Waals surface area (Å²) in [4.78, 5) is 3.76. The number of rotatable bonds is 7. The predicted molar refractivity (Wildman–Crippen MR) is 120 cm³/mol. The second-order valence-electron chi connectivity index (χ2n) is 7.54. The minimum absolute atomic E-state index is 0.116. The molecule has 1 aromatic heterocycles. The number of ether oxygens (including phenoxy) is 1. The Morgan fingerprint density at radius 2 is 2.04 bits per heavy atom. The summed E-state index contributed by atoms with van der Waals surface area (Å²) in [6.07, 6.45) is 4.78. The molecule has 1 aliphatic carbocycles. The van der Waals surface area contributed by atoms with E-state index in [-0.39, 0.29) is 6.04 Å². The first kappa shape index (κ1) is 19.8. The van der Waals surface area contributed by atoms with Crippen LogP contribution in [0.4, 0.5) is 0 Å². The number of nitrogens with one attached hydrogen (secondary N) is 2. The van der Waals surface area contributed by atoms with Gasteiger partial charge in [0.05, 0.1) is 19.3 Å². The van der Waals surface area contributed by atoms with E-state index < -0.39 is 0 Å². The lowest BCUT2D eigenvalue weighted by atomic mass is 10.00. The first-order chi connectivity index (χ1) is 13.8. The second kappa shape index (κ2) is 9.83. The molecule has 1 aromatic carbocycles. The Hall–Kier alpha value is -1.47. The molecular weight excluding hydrogens is 386 g/mol. The standard InChI is InChI=1S/C22H29N3OS2/c27-22(23-9-3-10-25-11-13-26-14-12-25)24-21(20-6-2-15-28-20)19-8-7-17-4-1-5-18(17)16-19/h2,6-8,15-16,21H,1,3-5,9-14H2,(H2,23,24,27). The van der Waals surface area contributed by atoms with Gasteiger partial charge in [-0.3, -0.25) is 4.90 Å². The molecule has 0 bridgehead atoms. The summed E-state index contributed by atoms with van der Waals surface area (Å²) in [7, 11) is 0. The highest BCUT2D eigenvalue weighted by molar-refractivity contribution is 7.80. The summed E-state index contributed by atoms with van der Waals surface area (Å²) in [6, 6.07) is 11.4. The average molecular weight is 416 g/mol. The van der Waals surface area contributed by atoms with Gasteiger partial charge in [0.2, 0.25) is 0 Å². The summed E-state index contributed by atoms with van der Waals surface area (Å²) < 4.78 is 5.41.